The number of carboxylic acid groups (broad SMARTS) is 1. The zero-order valence-electron chi connectivity index (χ0n) is 22.6. The number of sulfone groups is 1. The molecule has 1 saturated carbocycles. The van der Waals surface area contributed by atoms with Crippen molar-refractivity contribution in [1.82, 2.24) is 5.32 Å². The molecule has 0 saturated heterocycles. The Kier molecular flexibility index (Phi) is 12.9. The lowest BCUT2D eigenvalue weighted by atomic mass is 9.80. The zero-order chi connectivity index (χ0) is 29.9. The number of nitrogens with one attached hydrogen (secondary N) is 2. The van der Waals surface area contributed by atoms with Gasteiger partial charge in [-0.2, -0.15) is 0 Å². The molecule has 0 unspecified atom stereocenters. The molecule has 2 aromatic rings. The first-order valence-corrected chi connectivity index (χ1v) is 15.8. The maximum absolute atomic E-state index is 13.2. The van der Waals surface area contributed by atoms with Gasteiger partial charge in [0.15, 0.2) is 0 Å². The van der Waals surface area contributed by atoms with Crippen molar-refractivity contribution in [3.63, 3.8) is 0 Å². The van der Waals surface area contributed by atoms with Crippen LogP contribution in [0, 0.1) is 5.41 Å². The molecule has 0 bridgehead atoms. The molecule has 0 aliphatic heterocycles. The van der Waals surface area contributed by atoms with Gasteiger partial charge in [-0.05, 0) is 62.4 Å². The largest absolute Gasteiger partial charge is 0.480 e. The number of halogens is 2. The van der Waals surface area contributed by atoms with E-state index in [1.165, 1.54) is 0 Å². The number of amides is 2. The molecule has 0 radical (unpaired) electrons. The van der Waals surface area contributed by atoms with Gasteiger partial charge >= 0.3 is 5.97 Å². The van der Waals surface area contributed by atoms with Crippen LogP contribution >= 0.6 is 23.2 Å². The highest BCUT2D eigenvalue weighted by Gasteiger charge is 2.42. The molecule has 0 aromatic heterocycles. The van der Waals surface area contributed by atoms with Gasteiger partial charge in [-0.1, -0.05) is 54.2 Å². The summed E-state index contributed by atoms with van der Waals surface area (Å²) in [6.07, 6.45) is 4.88. The Morgan fingerprint density at radius 3 is 2.08 bits per heavy atom. The second-order valence-electron chi connectivity index (χ2n) is 9.85. The van der Waals surface area contributed by atoms with Gasteiger partial charge in [0, 0.05) is 36.1 Å². The Morgan fingerprint density at radius 1 is 1.02 bits per heavy atom. The minimum Gasteiger partial charge on any atom is -0.480 e. The second-order valence-corrected chi connectivity index (χ2v) is 12.9. The van der Waals surface area contributed by atoms with E-state index in [9.17, 15) is 27.9 Å². The van der Waals surface area contributed by atoms with Crippen LogP contribution in [-0.4, -0.2) is 61.1 Å². The van der Waals surface area contributed by atoms with E-state index in [2.05, 4.69) is 10.6 Å². The minimum atomic E-state index is -3.14. The summed E-state index contributed by atoms with van der Waals surface area (Å²) in [5, 5.41) is 23.2. The summed E-state index contributed by atoms with van der Waals surface area (Å²) in [6.45, 7) is 1.93. The number of aliphatic hydroxyl groups excluding tert-OH is 1. The predicted molar refractivity (Wildman–Crippen MR) is 157 cm³/mol. The van der Waals surface area contributed by atoms with Crippen molar-refractivity contribution >= 4 is 56.5 Å². The minimum absolute atomic E-state index is 0.00401. The quantitative estimate of drug-likeness (QED) is 0.285. The third-order valence-electron chi connectivity index (χ3n) is 6.66. The molecular formula is C28H36Cl2N2O7S. The Morgan fingerprint density at radius 2 is 1.57 bits per heavy atom. The molecule has 1 atom stereocenters. The Hall–Kier alpha value is -2.66. The van der Waals surface area contributed by atoms with Gasteiger partial charge in [0.1, 0.15) is 15.9 Å². The number of hydrogen-bond acceptors (Lipinski definition) is 6. The fourth-order valence-electron chi connectivity index (χ4n) is 4.69. The molecule has 220 valence electrons. The van der Waals surface area contributed by atoms with E-state index in [-0.39, 0.29) is 40.3 Å². The van der Waals surface area contributed by atoms with Gasteiger partial charge in [0.05, 0.1) is 15.6 Å². The van der Waals surface area contributed by atoms with E-state index in [0.29, 0.717) is 36.9 Å². The molecule has 1 aliphatic carbocycles. The van der Waals surface area contributed by atoms with Crippen LogP contribution in [0.3, 0.4) is 0 Å². The van der Waals surface area contributed by atoms with Crippen molar-refractivity contribution in [2.75, 3.05) is 23.9 Å². The van der Waals surface area contributed by atoms with E-state index in [0.717, 1.165) is 19.1 Å². The van der Waals surface area contributed by atoms with Crippen molar-refractivity contribution in [3.8, 4) is 0 Å². The molecule has 2 amide bonds. The molecule has 2 aromatic carbocycles. The first-order valence-electron chi connectivity index (χ1n) is 13.0. The summed E-state index contributed by atoms with van der Waals surface area (Å²) in [7, 11) is -3.14. The maximum atomic E-state index is 13.2. The maximum Gasteiger partial charge on any atom is 0.326 e. The lowest BCUT2D eigenvalue weighted by molar-refractivity contribution is -0.144. The van der Waals surface area contributed by atoms with Crippen LogP contribution < -0.4 is 10.6 Å². The van der Waals surface area contributed by atoms with Gasteiger partial charge < -0.3 is 20.8 Å². The zero-order valence-corrected chi connectivity index (χ0v) is 24.9. The van der Waals surface area contributed by atoms with E-state index in [1.807, 2.05) is 0 Å². The van der Waals surface area contributed by atoms with Crippen molar-refractivity contribution in [2.45, 2.75) is 57.9 Å². The SMILES string of the molecule is CCO.CS(=O)(=O)CCCC1(C(=O)N[C@@H](Cc2ccc(NC(=O)c3c(Cl)cccc3Cl)cc2)C(=O)O)CCCC1. The number of aliphatic carboxylic acids is 1. The Labute approximate surface area is 245 Å². The summed E-state index contributed by atoms with van der Waals surface area (Å²) in [6, 6.07) is 10.2. The van der Waals surface area contributed by atoms with E-state index in [4.69, 9.17) is 28.3 Å². The summed E-state index contributed by atoms with van der Waals surface area (Å²) in [5.74, 6) is -1.98. The lowest BCUT2D eigenvalue weighted by Gasteiger charge is -2.29. The Balaban J connectivity index is 0.00000178. The number of rotatable bonds is 11. The highest BCUT2D eigenvalue weighted by atomic mass is 35.5. The highest BCUT2D eigenvalue weighted by molar-refractivity contribution is 7.90. The second kappa shape index (κ2) is 15.4. The van der Waals surface area contributed by atoms with Crippen LogP contribution in [0.1, 0.15) is 61.4 Å². The number of hydrogen-bond donors (Lipinski definition) is 4. The molecule has 1 fully saturated rings. The van der Waals surface area contributed by atoms with Crippen LogP contribution in [0.4, 0.5) is 5.69 Å². The normalized spacial score (nSPS) is 14.9. The van der Waals surface area contributed by atoms with Crippen LogP contribution in [0.25, 0.3) is 0 Å². The topological polar surface area (TPSA) is 150 Å². The standard InChI is InChI=1S/C26H30Cl2N2O6S.C2H6O/c1-37(35,36)15-5-14-26(12-2-3-13-26)25(34)30-21(24(32)33)16-17-8-10-18(11-9-17)29-23(31)22-19(27)6-4-7-20(22)28;1-2-3/h4,6-11,21H,2-3,5,12-16H2,1H3,(H,29,31)(H,30,34)(H,32,33);3H,2H2,1H3/t21-;/m0./s1. The average Bonchev–Trinajstić information content (AvgIpc) is 3.34. The molecule has 9 nitrogen and oxygen atoms in total. The fraction of sp³-hybridized carbons (Fsp3) is 0.464. The molecular weight excluding hydrogens is 579 g/mol. The van der Waals surface area contributed by atoms with E-state index in [1.54, 1.807) is 49.4 Å². The molecule has 0 spiro atoms. The Bertz CT molecular complexity index is 1260. The number of carbonyl (C=O) groups is 3. The summed E-state index contributed by atoms with van der Waals surface area (Å²) in [4.78, 5) is 37.7. The van der Waals surface area contributed by atoms with Gasteiger partial charge in [-0.3, -0.25) is 9.59 Å². The summed E-state index contributed by atoms with van der Waals surface area (Å²) in [5.41, 5.74) is 0.531. The highest BCUT2D eigenvalue weighted by Crippen LogP contribution is 2.42. The number of benzene rings is 2. The molecule has 40 heavy (non-hydrogen) atoms. The van der Waals surface area contributed by atoms with Gasteiger partial charge in [-0.15, -0.1) is 0 Å². The molecule has 1 aliphatic rings. The van der Waals surface area contributed by atoms with E-state index >= 15 is 0 Å². The number of aliphatic hydroxyl groups is 1. The smallest absolute Gasteiger partial charge is 0.326 e. The monoisotopic (exact) mass is 614 g/mol. The van der Waals surface area contributed by atoms with Crippen molar-refractivity contribution < 1.29 is 33.0 Å². The number of anilines is 1. The van der Waals surface area contributed by atoms with Crippen LogP contribution in [0.5, 0.6) is 0 Å². The first-order chi connectivity index (χ1) is 18.8. The fourth-order valence-corrected chi connectivity index (χ4v) is 5.93. The third-order valence-corrected chi connectivity index (χ3v) is 8.32. The van der Waals surface area contributed by atoms with Crippen LogP contribution in [0.15, 0.2) is 42.5 Å². The summed E-state index contributed by atoms with van der Waals surface area (Å²) >= 11 is 12.2. The van der Waals surface area contributed by atoms with E-state index < -0.39 is 33.2 Å². The molecule has 4 N–H and O–H groups in total. The van der Waals surface area contributed by atoms with Crippen LogP contribution in [-0.2, 0) is 25.8 Å². The average molecular weight is 616 g/mol. The van der Waals surface area contributed by atoms with Gasteiger partial charge in [-0.25, -0.2) is 13.2 Å². The molecule has 12 heteroatoms. The number of carbonyl (C=O) groups excluding carboxylic acids is 2. The van der Waals surface area contributed by atoms with Gasteiger partial charge in [0.2, 0.25) is 5.91 Å². The predicted octanol–water partition coefficient (Wildman–Crippen LogP) is 4.74. The lowest BCUT2D eigenvalue weighted by Crippen LogP contribution is -2.48. The van der Waals surface area contributed by atoms with Crippen LogP contribution in [0.2, 0.25) is 10.0 Å². The summed E-state index contributed by atoms with van der Waals surface area (Å²) < 4.78 is 23.0. The number of carboxylic acids is 1. The van der Waals surface area contributed by atoms with Crippen molar-refractivity contribution in [1.29, 1.82) is 0 Å². The third kappa shape index (κ3) is 10.1. The van der Waals surface area contributed by atoms with Gasteiger partial charge in [0.25, 0.3) is 5.91 Å². The van der Waals surface area contributed by atoms with Crippen molar-refractivity contribution in [3.05, 3.63) is 63.6 Å². The first kappa shape index (κ1) is 33.5. The molecule has 0 heterocycles. The molecule has 3 rings (SSSR count). The van der Waals surface area contributed by atoms with Crippen molar-refractivity contribution in [2.24, 2.45) is 5.41 Å².